The van der Waals surface area contributed by atoms with E-state index in [4.69, 9.17) is 9.84 Å². The Morgan fingerprint density at radius 1 is 1.41 bits per heavy atom. The molecule has 0 saturated carbocycles. The second-order valence-corrected chi connectivity index (χ2v) is 4.76. The molecule has 0 fully saturated rings. The summed E-state index contributed by atoms with van der Waals surface area (Å²) in [5.74, 6) is 0.118. The van der Waals surface area contributed by atoms with E-state index in [1.165, 1.54) is 6.92 Å². The van der Waals surface area contributed by atoms with Gasteiger partial charge in [-0.2, -0.15) is 11.8 Å². The van der Waals surface area contributed by atoms with Gasteiger partial charge in [-0.25, -0.2) is 0 Å². The number of nitrogens with one attached hydrogen (secondary N) is 1. The van der Waals surface area contributed by atoms with Crippen LogP contribution in [0.2, 0.25) is 0 Å². The number of ether oxygens (including phenoxy) is 1. The fraction of sp³-hybridized carbons (Fsp3) is 0.818. The number of rotatable bonds is 9. The highest BCUT2D eigenvalue weighted by atomic mass is 32.2. The zero-order chi connectivity index (χ0) is 13.3. The first-order valence-electron chi connectivity index (χ1n) is 5.76. The Labute approximate surface area is 106 Å². The predicted molar refractivity (Wildman–Crippen MR) is 68.3 cm³/mol. The summed E-state index contributed by atoms with van der Waals surface area (Å²) in [4.78, 5) is 22.3. The Hall–Kier alpha value is -0.750. The van der Waals surface area contributed by atoms with Crippen LogP contribution in [-0.2, 0) is 14.3 Å². The Morgan fingerprint density at radius 2 is 2.06 bits per heavy atom. The van der Waals surface area contributed by atoms with E-state index in [1.54, 1.807) is 18.7 Å². The molecule has 5 nitrogen and oxygen atoms in total. The topological polar surface area (TPSA) is 75.6 Å². The third kappa shape index (κ3) is 7.23. The van der Waals surface area contributed by atoms with Crippen molar-refractivity contribution in [2.75, 3.05) is 18.1 Å². The molecular formula is C11H21NO4S. The van der Waals surface area contributed by atoms with E-state index in [0.717, 1.165) is 12.2 Å². The van der Waals surface area contributed by atoms with Crippen LogP contribution in [0.15, 0.2) is 0 Å². The van der Waals surface area contributed by atoms with Crippen molar-refractivity contribution in [3.8, 4) is 0 Å². The van der Waals surface area contributed by atoms with E-state index in [2.05, 4.69) is 12.2 Å². The molecule has 6 heteroatoms. The van der Waals surface area contributed by atoms with Crippen LogP contribution >= 0.6 is 11.8 Å². The maximum Gasteiger partial charge on any atom is 0.324 e. The minimum Gasteiger partial charge on any atom is -0.480 e. The maximum atomic E-state index is 11.6. The Morgan fingerprint density at radius 3 is 2.53 bits per heavy atom. The third-order valence-electron chi connectivity index (χ3n) is 2.03. The number of carboxylic acid groups (broad SMARTS) is 1. The second-order valence-electron chi connectivity index (χ2n) is 3.61. The van der Waals surface area contributed by atoms with Crippen molar-refractivity contribution in [2.45, 2.75) is 39.3 Å². The number of hydrogen-bond acceptors (Lipinski definition) is 5. The highest BCUT2D eigenvalue weighted by Gasteiger charge is 2.24. The molecule has 0 spiro atoms. The summed E-state index contributed by atoms with van der Waals surface area (Å²) in [5, 5.41) is 11.6. The molecule has 17 heavy (non-hydrogen) atoms. The number of hydrogen-bond donors (Lipinski definition) is 2. The summed E-state index contributed by atoms with van der Waals surface area (Å²) in [7, 11) is 0. The number of carbonyl (C=O) groups excluding carboxylic acids is 1. The van der Waals surface area contributed by atoms with Crippen LogP contribution in [0.1, 0.15) is 27.2 Å². The van der Waals surface area contributed by atoms with Gasteiger partial charge in [0.15, 0.2) is 0 Å². The molecule has 0 aliphatic heterocycles. The number of thioether (sulfide) groups is 1. The normalized spacial score (nSPS) is 14.1. The number of carbonyl (C=O) groups is 2. The maximum absolute atomic E-state index is 11.6. The highest BCUT2D eigenvalue weighted by molar-refractivity contribution is 7.99. The van der Waals surface area contributed by atoms with E-state index in [1.807, 2.05) is 0 Å². The SMILES string of the molecule is CCCSCC(N[C@@H](C)C(=O)O)C(=O)OCC. The van der Waals surface area contributed by atoms with Gasteiger partial charge in [0.1, 0.15) is 12.1 Å². The highest BCUT2D eigenvalue weighted by Crippen LogP contribution is 2.07. The summed E-state index contributed by atoms with van der Waals surface area (Å²) in [5.41, 5.74) is 0. The number of esters is 1. The predicted octanol–water partition coefficient (Wildman–Crippen LogP) is 1.12. The van der Waals surface area contributed by atoms with E-state index in [0.29, 0.717) is 12.4 Å². The molecule has 0 aromatic carbocycles. The Bertz CT molecular complexity index is 248. The standard InChI is InChI=1S/C11H21NO4S/c1-4-6-17-7-9(11(15)16-5-2)12-8(3)10(13)14/h8-9,12H,4-7H2,1-3H3,(H,13,14)/t8-,9?/m0/s1. The zero-order valence-corrected chi connectivity index (χ0v) is 11.4. The largest absolute Gasteiger partial charge is 0.480 e. The van der Waals surface area contributed by atoms with Crippen LogP contribution < -0.4 is 5.32 Å². The van der Waals surface area contributed by atoms with Gasteiger partial charge in [-0.15, -0.1) is 0 Å². The zero-order valence-electron chi connectivity index (χ0n) is 10.6. The lowest BCUT2D eigenvalue weighted by molar-refractivity contribution is -0.146. The molecule has 0 saturated heterocycles. The van der Waals surface area contributed by atoms with Gasteiger partial charge in [-0.3, -0.25) is 14.9 Å². The molecule has 0 aromatic rings. The van der Waals surface area contributed by atoms with Gasteiger partial charge < -0.3 is 9.84 Å². The van der Waals surface area contributed by atoms with E-state index in [-0.39, 0.29) is 5.97 Å². The van der Waals surface area contributed by atoms with Crippen LogP contribution in [-0.4, -0.2) is 47.2 Å². The van der Waals surface area contributed by atoms with Gasteiger partial charge in [-0.1, -0.05) is 6.92 Å². The fourth-order valence-corrected chi connectivity index (χ4v) is 2.07. The van der Waals surface area contributed by atoms with Crippen molar-refractivity contribution in [1.29, 1.82) is 0 Å². The molecule has 0 aliphatic carbocycles. The summed E-state index contributed by atoms with van der Waals surface area (Å²) in [6, 6.07) is -1.32. The van der Waals surface area contributed by atoms with Gasteiger partial charge in [0.2, 0.25) is 0 Å². The average Bonchev–Trinajstić information content (AvgIpc) is 2.27. The van der Waals surface area contributed by atoms with Crippen LogP contribution in [0.25, 0.3) is 0 Å². The molecule has 0 heterocycles. The average molecular weight is 263 g/mol. The summed E-state index contributed by atoms with van der Waals surface area (Å²) in [6.07, 6.45) is 1.02. The van der Waals surface area contributed by atoms with Crippen molar-refractivity contribution in [3.63, 3.8) is 0 Å². The molecule has 0 amide bonds. The number of aliphatic carboxylic acids is 1. The summed E-state index contributed by atoms with van der Waals surface area (Å²) >= 11 is 1.61. The molecule has 0 aromatic heterocycles. The first-order chi connectivity index (χ1) is 8.02. The van der Waals surface area contributed by atoms with E-state index < -0.39 is 18.1 Å². The molecule has 1 unspecified atom stereocenters. The molecule has 2 atom stereocenters. The lowest BCUT2D eigenvalue weighted by Gasteiger charge is -2.19. The molecule has 0 radical (unpaired) electrons. The molecule has 0 rings (SSSR count). The lowest BCUT2D eigenvalue weighted by Crippen LogP contribution is -2.47. The second kappa shape index (κ2) is 9.30. The smallest absolute Gasteiger partial charge is 0.324 e. The minimum atomic E-state index is -0.972. The van der Waals surface area contributed by atoms with E-state index >= 15 is 0 Å². The van der Waals surface area contributed by atoms with Gasteiger partial charge in [0.25, 0.3) is 0 Å². The van der Waals surface area contributed by atoms with E-state index in [9.17, 15) is 9.59 Å². The van der Waals surface area contributed by atoms with Crippen LogP contribution in [0.4, 0.5) is 0 Å². The van der Waals surface area contributed by atoms with Gasteiger partial charge in [0, 0.05) is 5.75 Å². The summed E-state index contributed by atoms with van der Waals surface area (Å²) < 4.78 is 4.91. The van der Waals surface area contributed by atoms with Gasteiger partial charge in [0.05, 0.1) is 6.61 Å². The van der Waals surface area contributed by atoms with Crippen molar-refractivity contribution >= 4 is 23.7 Å². The molecule has 0 bridgehead atoms. The summed E-state index contributed by atoms with van der Waals surface area (Å²) in [6.45, 7) is 5.60. The van der Waals surface area contributed by atoms with Crippen molar-refractivity contribution in [1.82, 2.24) is 5.32 Å². The monoisotopic (exact) mass is 263 g/mol. The van der Waals surface area contributed by atoms with Crippen molar-refractivity contribution in [2.24, 2.45) is 0 Å². The Balaban J connectivity index is 4.28. The fourth-order valence-electron chi connectivity index (χ4n) is 1.15. The number of carboxylic acids is 1. The van der Waals surface area contributed by atoms with Crippen molar-refractivity contribution < 1.29 is 19.4 Å². The van der Waals surface area contributed by atoms with Crippen LogP contribution in [0, 0.1) is 0 Å². The Kier molecular flexibility index (Phi) is 8.89. The van der Waals surface area contributed by atoms with Gasteiger partial charge >= 0.3 is 11.9 Å². The van der Waals surface area contributed by atoms with Crippen LogP contribution in [0.5, 0.6) is 0 Å². The molecular weight excluding hydrogens is 242 g/mol. The molecule has 100 valence electrons. The minimum absolute atomic E-state index is 0.302. The third-order valence-corrected chi connectivity index (χ3v) is 3.29. The molecule has 2 N–H and O–H groups in total. The van der Waals surface area contributed by atoms with Crippen molar-refractivity contribution in [3.05, 3.63) is 0 Å². The molecule has 0 aliphatic rings. The quantitative estimate of drug-likeness (QED) is 0.479. The van der Waals surface area contributed by atoms with Gasteiger partial charge in [-0.05, 0) is 26.0 Å². The first-order valence-corrected chi connectivity index (χ1v) is 6.91. The van der Waals surface area contributed by atoms with Crippen LogP contribution in [0.3, 0.4) is 0 Å². The lowest BCUT2D eigenvalue weighted by atomic mass is 10.2. The first kappa shape index (κ1) is 16.2.